The standard InChI is InChI=1S/C20H16ClN3O2/c21-16-5-3-14(4-6-16)12-19(25)23-17-7-9-18(10-8-17)24-20(26)15-2-1-11-22-13-15/h1-11,13H,12H2,(H,23,25)(H,24,26). The van der Waals surface area contributed by atoms with Crippen LogP contribution in [0.5, 0.6) is 0 Å². The van der Waals surface area contributed by atoms with Gasteiger partial charge in [-0.05, 0) is 54.1 Å². The van der Waals surface area contributed by atoms with Gasteiger partial charge in [0.05, 0.1) is 12.0 Å². The number of benzene rings is 2. The van der Waals surface area contributed by atoms with E-state index in [9.17, 15) is 9.59 Å². The maximum absolute atomic E-state index is 12.1. The van der Waals surface area contributed by atoms with Crippen molar-refractivity contribution in [2.45, 2.75) is 6.42 Å². The molecule has 6 heteroatoms. The van der Waals surface area contributed by atoms with Gasteiger partial charge in [0.25, 0.3) is 5.91 Å². The van der Waals surface area contributed by atoms with Crippen LogP contribution in [0, 0.1) is 0 Å². The minimum absolute atomic E-state index is 0.125. The number of aromatic nitrogens is 1. The van der Waals surface area contributed by atoms with Crippen molar-refractivity contribution in [3.63, 3.8) is 0 Å². The molecule has 3 rings (SSSR count). The summed E-state index contributed by atoms with van der Waals surface area (Å²) < 4.78 is 0. The highest BCUT2D eigenvalue weighted by Gasteiger charge is 2.07. The van der Waals surface area contributed by atoms with Gasteiger partial charge in [0.1, 0.15) is 0 Å². The molecule has 0 bridgehead atoms. The average Bonchev–Trinajstić information content (AvgIpc) is 2.66. The molecule has 0 saturated heterocycles. The van der Waals surface area contributed by atoms with E-state index in [0.717, 1.165) is 5.56 Å². The molecule has 0 aliphatic rings. The Kier molecular flexibility index (Phi) is 5.61. The Morgan fingerprint density at radius 2 is 1.54 bits per heavy atom. The minimum Gasteiger partial charge on any atom is -0.326 e. The highest BCUT2D eigenvalue weighted by molar-refractivity contribution is 6.30. The molecule has 2 N–H and O–H groups in total. The molecule has 0 spiro atoms. The molecule has 0 aliphatic heterocycles. The summed E-state index contributed by atoms with van der Waals surface area (Å²) in [7, 11) is 0. The van der Waals surface area contributed by atoms with Gasteiger partial charge < -0.3 is 10.6 Å². The molecule has 0 unspecified atom stereocenters. The molecule has 2 aromatic carbocycles. The summed E-state index contributed by atoms with van der Waals surface area (Å²) >= 11 is 5.83. The number of anilines is 2. The smallest absolute Gasteiger partial charge is 0.257 e. The number of amides is 2. The minimum atomic E-state index is -0.238. The highest BCUT2D eigenvalue weighted by atomic mass is 35.5. The maximum atomic E-state index is 12.1. The van der Waals surface area contributed by atoms with E-state index in [0.29, 0.717) is 22.0 Å². The van der Waals surface area contributed by atoms with Crippen molar-refractivity contribution in [2.24, 2.45) is 0 Å². The van der Waals surface area contributed by atoms with Crippen molar-refractivity contribution in [2.75, 3.05) is 10.6 Å². The third-order valence-corrected chi connectivity index (χ3v) is 3.88. The van der Waals surface area contributed by atoms with Gasteiger partial charge in [0.2, 0.25) is 5.91 Å². The molecule has 130 valence electrons. The van der Waals surface area contributed by atoms with E-state index in [1.807, 2.05) is 12.1 Å². The summed E-state index contributed by atoms with van der Waals surface area (Å²) in [4.78, 5) is 28.1. The Bertz CT molecular complexity index is 895. The lowest BCUT2D eigenvalue weighted by Crippen LogP contribution is -2.15. The van der Waals surface area contributed by atoms with Crippen molar-refractivity contribution in [1.29, 1.82) is 0 Å². The quantitative estimate of drug-likeness (QED) is 0.712. The molecule has 2 amide bonds. The number of nitrogens with one attached hydrogen (secondary N) is 2. The fraction of sp³-hybridized carbons (Fsp3) is 0.0500. The molecular weight excluding hydrogens is 350 g/mol. The van der Waals surface area contributed by atoms with Crippen LogP contribution in [-0.4, -0.2) is 16.8 Å². The van der Waals surface area contributed by atoms with E-state index < -0.39 is 0 Å². The van der Waals surface area contributed by atoms with Gasteiger partial charge in [-0.15, -0.1) is 0 Å². The Labute approximate surface area is 156 Å². The number of halogens is 1. The van der Waals surface area contributed by atoms with Crippen molar-refractivity contribution >= 4 is 34.8 Å². The largest absolute Gasteiger partial charge is 0.326 e. The summed E-state index contributed by atoms with van der Waals surface area (Å²) in [6.07, 6.45) is 3.37. The van der Waals surface area contributed by atoms with E-state index >= 15 is 0 Å². The van der Waals surface area contributed by atoms with Crippen LogP contribution in [0.2, 0.25) is 5.02 Å². The van der Waals surface area contributed by atoms with Crippen LogP contribution in [-0.2, 0) is 11.2 Å². The number of hydrogen-bond acceptors (Lipinski definition) is 3. The predicted octanol–water partition coefficient (Wildman–Crippen LogP) is 4.17. The molecule has 0 atom stereocenters. The van der Waals surface area contributed by atoms with E-state index in [1.165, 1.54) is 6.20 Å². The topological polar surface area (TPSA) is 71.1 Å². The van der Waals surface area contributed by atoms with Gasteiger partial charge in [-0.1, -0.05) is 23.7 Å². The third-order valence-electron chi connectivity index (χ3n) is 3.63. The van der Waals surface area contributed by atoms with Crippen molar-refractivity contribution in [3.8, 4) is 0 Å². The molecule has 1 aromatic heterocycles. The summed E-state index contributed by atoms with van der Waals surface area (Å²) in [5.41, 5.74) is 2.65. The SMILES string of the molecule is O=C(Cc1ccc(Cl)cc1)Nc1ccc(NC(=O)c2cccnc2)cc1. The first-order chi connectivity index (χ1) is 12.6. The Morgan fingerprint density at radius 1 is 0.885 bits per heavy atom. The fourth-order valence-corrected chi connectivity index (χ4v) is 2.46. The maximum Gasteiger partial charge on any atom is 0.257 e. The third kappa shape index (κ3) is 4.91. The van der Waals surface area contributed by atoms with Crippen molar-refractivity contribution < 1.29 is 9.59 Å². The van der Waals surface area contributed by atoms with Gasteiger partial charge in [0.15, 0.2) is 0 Å². The predicted molar refractivity (Wildman–Crippen MR) is 102 cm³/mol. The molecule has 26 heavy (non-hydrogen) atoms. The molecule has 0 radical (unpaired) electrons. The number of carbonyl (C=O) groups is 2. The Balaban J connectivity index is 1.56. The Morgan fingerprint density at radius 3 is 2.15 bits per heavy atom. The van der Waals surface area contributed by atoms with E-state index in [4.69, 9.17) is 11.6 Å². The highest BCUT2D eigenvalue weighted by Crippen LogP contribution is 2.15. The number of pyridine rings is 1. The lowest BCUT2D eigenvalue weighted by atomic mass is 10.1. The first-order valence-electron chi connectivity index (χ1n) is 7.96. The van der Waals surface area contributed by atoms with Crippen molar-refractivity contribution in [3.05, 3.63) is 89.2 Å². The zero-order valence-corrected chi connectivity index (χ0v) is 14.5. The van der Waals surface area contributed by atoms with Crippen LogP contribution in [0.4, 0.5) is 11.4 Å². The van der Waals surface area contributed by atoms with Gasteiger partial charge in [0, 0.05) is 28.8 Å². The normalized spacial score (nSPS) is 10.2. The molecule has 0 aliphatic carbocycles. The average molecular weight is 366 g/mol. The van der Waals surface area contributed by atoms with Gasteiger partial charge in [-0.2, -0.15) is 0 Å². The number of nitrogens with zero attached hydrogens (tertiary/aromatic N) is 1. The molecular formula is C20H16ClN3O2. The Hall–Kier alpha value is -3.18. The van der Waals surface area contributed by atoms with E-state index in [1.54, 1.807) is 54.7 Å². The second kappa shape index (κ2) is 8.27. The molecule has 0 fully saturated rings. The number of carbonyl (C=O) groups excluding carboxylic acids is 2. The summed E-state index contributed by atoms with van der Waals surface area (Å²) in [6.45, 7) is 0. The second-order valence-electron chi connectivity index (χ2n) is 5.62. The summed E-state index contributed by atoms with van der Waals surface area (Å²) in [6, 6.07) is 17.5. The van der Waals surface area contributed by atoms with Crippen LogP contribution in [0.1, 0.15) is 15.9 Å². The number of rotatable bonds is 5. The van der Waals surface area contributed by atoms with Crippen LogP contribution < -0.4 is 10.6 Å². The molecule has 0 saturated carbocycles. The summed E-state index contributed by atoms with van der Waals surface area (Å²) in [5, 5.41) is 6.24. The van der Waals surface area contributed by atoms with Crippen LogP contribution in [0.15, 0.2) is 73.1 Å². The first-order valence-corrected chi connectivity index (χ1v) is 8.34. The molecule has 1 heterocycles. The van der Waals surface area contributed by atoms with Crippen LogP contribution in [0.25, 0.3) is 0 Å². The van der Waals surface area contributed by atoms with Crippen molar-refractivity contribution in [1.82, 2.24) is 4.98 Å². The first kappa shape index (κ1) is 17.6. The van der Waals surface area contributed by atoms with Gasteiger partial charge >= 0.3 is 0 Å². The van der Waals surface area contributed by atoms with Crippen LogP contribution in [0.3, 0.4) is 0 Å². The summed E-state index contributed by atoms with van der Waals surface area (Å²) in [5.74, 6) is -0.364. The lowest BCUT2D eigenvalue weighted by Gasteiger charge is -2.08. The molecule has 5 nitrogen and oxygen atoms in total. The van der Waals surface area contributed by atoms with Crippen LogP contribution >= 0.6 is 11.6 Å². The lowest BCUT2D eigenvalue weighted by molar-refractivity contribution is -0.115. The molecule has 3 aromatic rings. The van der Waals surface area contributed by atoms with E-state index in [2.05, 4.69) is 15.6 Å². The zero-order valence-electron chi connectivity index (χ0n) is 13.8. The zero-order chi connectivity index (χ0) is 18.4. The number of hydrogen-bond donors (Lipinski definition) is 2. The van der Waals surface area contributed by atoms with Gasteiger partial charge in [-0.25, -0.2) is 0 Å². The second-order valence-corrected chi connectivity index (χ2v) is 6.06. The fourth-order valence-electron chi connectivity index (χ4n) is 2.33. The van der Waals surface area contributed by atoms with Gasteiger partial charge in [-0.3, -0.25) is 14.6 Å². The van der Waals surface area contributed by atoms with E-state index in [-0.39, 0.29) is 18.2 Å². The monoisotopic (exact) mass is 365 g/mol.